The summed E-state index contributed by atoms with van der Waals surface area (Å²) in [7, 11) is 0. The number of Topliss-reactive ketones (excluding diaryl/α,β-unsaturated/α-hetero) is 1. The molecule has 1 saturated heterocycles. The van der Waals surface area contributed by atoms with E-state index in [2.05, 4.69) is 6.92 Å². The molecule has 1 amide bonds. The lowest BCUT2D eigenvalue weighted by Crippen LogP contribution is -2.49. The van der Waals surface area contributed by atoms with E-state index in [1.54, 1.807) is 12.1 Å². The van der Waals surface area contributed by atoms with Crippen LogP contribution in [0, 0.1) is 5.92 Å². The average molecular weight is 288 g/mol. The first-order valence-electron chi connectivity index (χ1n) is 7.69. The Morgan fingerprint density at radius 3 is 2.62 bits per heavy atom. The average Bonchev–Trinajstić information content (AvgIpc) is 2.52. The fraction of sp³-hybridized carbons (Fsp3) is 0.529. The van der Waals surface area contributed by atoms with Gasteiger partial charge in [0.1, 0.15) is 0 Å². The van der Waals surface area contributed by atoms with E-state index in [1.807, 2.05) is 23.1 Å². The lowest BCUT2D eigenvalue weighted by Gasteiger charge is -2.38. The number of nitrogens with two attached hydrogens (primary N) is 1. The Balaban J connectivity index is 1.88. The van der Waals surface area contributed by atoms with Gasteiger partial charge in [-0.3, -0.25) is 9.59 Å². The Morgan fingerprint density at radius 1 is 1.24 bits per heavy atom. The van der Waals surface area contributed by atoms with Gasteiger partial charge in [0.05, 0.1) is 0 Å². The van der Waals surface area contributed by atoms with E-state index >= 15 is 0 Å². The number of amides is 1. The molecule has 0 spiro atoms. The quantitative estimate of drug-likeness (QED) is 0.845. The SMILES string of the molecule is CC1CCN(C(=O)CCC(=O)c2ccccc2)C(CN)C1. The van der Waals surface area contributed by atoms with Crippen LogP contribution >= 0.6 is 0 Å². The molecule has 2 atom stereocenters. The normalized spacial score (nSPS) is 22.1. The number of benzene rings is 1. The third-order valence-corrected chi connectivity index (χ3v) is 4.23. The zero-order valence-electron chi connectivity index (χ0n) is 12.6. The Kier molecular flexibility index (Phi) is 5.51. The van der Waals surface area contributed by atoms with E-state index in [1.165, 1.54) is 0 Å². The number of rotatable bonds is 5. The zero-order valence-corrected chi connectivity index (χ0v) is 12.6. The molecule has 0 saturated carbocycles. The smallest absolute Gasteiger partial charge is 0.223 e. The minimum Gasteiger partial charge on any atom is -0.338 e. The highest BCUT2D eigenvalue weighted by molar-refractivity contribution is 5.97. The van der Waals surface area contributed by atoms with Crippen molar-refractivity contribution in [1.82, 2.24) is 4.90 Å². The molecule has 0 aliphatic carbocycles. The molecule has 1 aliphatic rings. The maximum atomic E-state index is 12.3. The summed E-state index contributed by atoms with van der Waals surface area (Å²) in [4.78, 5) is 26.2. The number of nitrogens with zero attached hydrogens (tertiary/aromatic N) is 1. The van der Waals surface area contributed by atoms with Crippen molar-refractivity contribution in [3.05, 3.63) is 35.9 Å². The molecule has 114 valence electrons. The maximum absolute atomic E-state index is 12.3. The Hall–Kier alpha value is -1.68. The second-order valence-electron chi connectivity index (χ2n) is 5.90. The Labute approximate surface area is 126 Å². The monoisotopic (exact) mass is 288 g/mol. The lowest BCUT2D eigenvalue weighted by atomic mass is 9.92. The molecule has 0 bridgehead atoms. The summed E-state index contributed by atoms with van der Waals surface area (Å²) in [6, 6.07) is 9.27. The molecule has 21 heavy (non-hydrogen) atoms. The molecule has 0 aromatic heterocycles. The first-order valence-corrected chi connectivity index (χ1v) is 7.69. The lowest BCUT2D eigenvalue weighted by molar-refractivity contribution is -0.135. The van der Waals surface area contributed by atoms with Gasteiger partial charge in [-0.15, -0.1) is 0 Å². The van der Waals surface area contributed by atoms with Gasteiger partial charge in [-0.25, -0.2) is 0 Å². The molecule has 2 unspecified atom stereocenters. The number of carbonyl (C=O) groups excluding carboxylic acids is 2. The highest BCUT2D eigenvalue weighted by Crippen LogP contribution is 2.23. The molecule has 2 rings (SSSR count). The van der Waals surface area contributed by atoms with Crippen LogP contribution in [0.15, 0.2) is 30.3 Å². The summed E-state index contributed by atoms with van der Waals surface area (Å²) in [6.45, 7) is 3.47. The molecular formula is C17H24N2O2. The van der Waals surface area contributed by atoms with Crippen molar-refractivity contribution in [1.29, 1.82) is 0 Å². The fourth-order valence-corrected chi connectivity index (χ4v) is 2.94. The van der Waals surface area contributed by atoms with Gasteiger partial charge in [-0.2, -0.15) is 0 Å². The van der Waals surface area contributed by atoms with Crippen molar-refractivity contribution in [2.45, 2.75) is 38.6 Å². The predicted molar refractivity (Wildman–Crippen MR) is 83.0 cm³/mol. The predicted octanol–water partition coefficient (Wildman–Crippen LogP) is 2.24. The molecule has 0 radical (unpaired) electrons. The molecular weight excluding hydrogens is 264 g/mol. The van der Waals surface area contributed by atoms with Gasteiger partial charge >= 0.3 is 0 Å². The standard InChI is InChI=1S/C17H24N2O2/c1-13-9-10-19(15(11-13)12-18)17(21)8-7-16(20)14-5-3-2-4-6-14/h2-6,13,15H,7-12,18H2,1H3. The molecule has 1 aliphatic heterocycles. The maximum Gasteiger partial charge on any atom is 0.223 e. The van der Waals surface area contributed by atoms with Gasteiger partial charge in [0.25, 0.3) is 0 Å². The van der Waals surface area contributed by atoms with E-state index in [0.29, 0.717) is 18.0 Å². The van der Waals surface area contributed by atoms with Crippen LogP contribution in [0.3, 0.4) is 0 Å². The zero-order chi connectivity index (χ0) is 15.2. The van der Waals surface area contributed by atoms with Gasteiger partial charge in [0, 0.05) is 37.5 Å². The van der Waals surface area contributed by atoms with Crippen LogP contribution in [0.4, 0.5) is 0 Å². The Morgan fingerprint density at radius 2 is 1.95 bits per heavy atom. The van der Waals surface area contributed by atoms with Crippen LogP contribution in [-0.4, -0.2) is 35.7 Å². The van der Waals surface area contributed by atoms with Crippen molar-refractivity contribution < 1.29 is 9.59 Å². The van der Waals surface area contributed by atoms with Gasteiger partial charge in [-0.1, -0.05) is 37.3 Å². The molecule has 4 heteroatoms. The second-order valence-corrected chi connectivity index (χ2v) is 5.90. The van der Waals surface area contributed by atoms with E-state index < -0.39 is 0 Å². The molecule has 1 aromatic carbocycles. The van der Waals surface area contributed by atoms with Crippen LogP contribution in [-0.2, 0) is 4.79 Å². The number of hydrogen-bond acceptors (Lipinski definition) is 3. The van der Waals surface area contributed by atoms with E-state index in [0.717, 1.165) is 19.4 Å². The molecule has 1 fully saturated rings. The largest absolute Gasteiger partial charge is 0.338 e. The third-order valence-electron chi connectivity index (χ3n) is 4.23. The highest BCUT2D eigenvalue weighted by Gasteiger charge is 2.28. The molecule has 2 N–H and O–H groups in total. The van der Waals surface area contributed by atoms with Crippen molar-refractivity contribution in [2.75, 3.05) is 13.1 Å². The van der Waals surface area contributed by atoms with Gasteiger partial charge in [-0.05, 0) is 18.8 Å². The summed E-state index contributed by atoms with van der Waals surface area (Å²) in [5, 5.41) is 0. The Bertz CT molecular complexity index is 487. The molecule has 1 heterocycles. The highest BCUT2D eigenvalue weighted by atomic mass is 16.2. The topological polar surface area (TPSA) is 63.4 Å². The van der Waals surface area contributed by atoms with Crippen molar-refractivity contribution in [3.63, 3.8) is 0 Å². The van der Waals surface area contributed by atoms with Gasteiger partial charge in [0.15, 0.2) is 5.78 Å². The second kappa shape index (κ2) is 7.36. The number of hydrogen-bond donors (Lipinski definition) is 1. The van der Waals surface area contributed by atoms with Crippen molar-refractivity contribution in [3.8, 4) is 0 Å². The van der Waals surface area contributed by atoms with Crippen molar-refractivity contribution in [2.24, 2.45) is 11.7 Å². The third kappa shape index (κ3) is 4.14. The van der Waals surface area contributed by atoms with E-state index in [4.69, 9.17) is 5.73 Å². The summed E-state index contributed by atoms with van der Waals surface area (Å²) >= 11 is 0. The van der Waals surface area contributed by atoms with Gasteiger partial charge in [0.2, 0.25) is 5.91 Å². The number of piperidine rings is 1. The first kappa shape index (κ1) is 15.7. The number of carbonyl (C=O) groups is 2. The van der Waals surface area contributed by atoms with E-state index in [9.17, 15) is 9.59 Å². The summed E-state index contributed by atoms with van der Waals surface area (Å²) in [5.74, 6) is 0.703. The van der Waals surface area contributed by atoms with E-state index in [-0.39, 0.29) is 30.6 Å². The van der Waals surface area contributed by atoms with Crippen LogP contribution in [0.1, 0.15) is 43.0 Å². The number of likely N-dealkylation sites (tertiary alicyclic amines) is 1. The summed E-state index contributed by atoms with van der Waals surface area (Å²) < 4.78 is 0. The van der Waals surface area contributed by atoms with Crippen LogP contribution in [0.2, 0.25) is 0 Å². The minimum absolute atomic E-state index is 0.0265. The number of ketones is 1. The van der Waals surface area contributed by atoms with Crippen LogP contribution in [0.5, 0.6) is 0 Å². The van der Waals surface area contributed by atoms with Crippen LogP contribution < -0.4 is 5.73 Å². The molecule has 1 aromatic rings. The van der Waals surface area contributed by atoms with Crippen molar-refractivity contribution >= 4 is 11.7 Å². The van der Waals surface area contributed by atoms with Crippen LogP contribution in [0.25, 0.3) is 0 Å². The summed E-state index contributed by atoms with van der Waals surface area (Å²) in [6.07, 6.45) is 2.54. The molecule has 4 nitrogen and oxygen atoms in total. The fourth-order valence-electron chi connectivity index (χ4n) is 2.94. The minimum atomic E-state index is 0.0265. The van der Waals surface area contributed by atoms with Gasteiger partial charge < -0.3 is 10.6 Å². The summed E-state index contributed by atoms with van der Waals surface area (Å²) in [5.41, 5.74) is 6.45. The first-order chi connectivity index (χ1) is 10.1.